The maximum absolute atomic E-state index is 10.5. The lowest BCUT2D eigenvalue weighted by Crippen LogP contribution is -2.41. The van der Waals surface area contributed by atoms with E-state index in [1.54, 1.807) is 0 Å². The molecule has 0 amide bonds. The Labute approximate surface area is 129 Å². The molecule has 21 heavy (non-hydrogen) atoms. The van der Waals surface area contributed by atoms with Crippen molar-refractivity contribution >= 4 is 23.8 Å². The highest BCUT2D eigenvalue weighted by Gasteiger charge is 2.51. The minimum atomic E-state index is -2.22. The highest BCUT2D eigenvalue weighted by Crippen LogP contribution is 2.36. The first-order valence-electron chi connectivity index (χ1n) is 6.98. The molecule has 1 aromatic rings. The zero-order valence-corrected chi connectivity index (χ0v) is 13.7. The highest BCUT2D eigenvalue weighted by molar-refractivity contribution is 7.77. The standard InChI is InChI=1S/C14H22BNO4S/c1-13(2)14(3,4)20-15(19-13)12-7-5-6-11(10-12)8-9-16-21(17)18/h5-7,10,16H,8-9H2,1-4H3,(H,17,18)/p-1. The number of hydrogen-bond donors (Lipinski definition) is 1. The minimum absolute atomic E-state index is 0.366. The van der Waals surface area contributed by atoms with Crippen LogP contribution in [0.3, 0.4) is 0 Å². The fraction of sp³-hybridized carbons (Fsp3) is 0.571. The molecule has 2 rings (SSSR count). The van der Waals surface area contributed by atoms with Crippen molar-refractivity contribution in [2.45, 2.75) is 45.3 Å². The highest BCUT2D eigenvalue weighted by atomic mass is 32.2. The lowest BCUT2D eigenvalue weighted by Gasteiger charge is -2.32. The molecule has 1 fully saturated rings. The molecule has 0 spiro atoms. The first-order chi connectivity index (χ1) is 9.71. The Morgan fingerprint density at radius 2 is 1.86 bits per heavy atom. The largest absolute Gasteiger partial charge is 0.760 e. The second-order valence-corrected chi connectivity index (χ2v) is 6.97. The number of nitrogens with one attached hydrogen (secondary N) is 1. The zero-order valence-electron chi connectivity index (χ0n) is 12.8. The minimum Gasteiger partial charge on any atom is -0.760 e. The number of rotatable bonds is 5. The van der Waals surface area contributed by atoms with Crippen molar-refractivity contribution in [2.75, 3.05) is 6.54 Å². The van der Waals surface area contributed by atoms with Crippen LogP contribution in [0.15, 0.2) is 24.3 Å². The summed E-state index contributed by atoms with van der Waals surface area (Å²) in [5, 5.41) is 0. The Kier molecular flexibility index (Phi) is 4.90. The molecule has 1 heterocycles. The summed E-state index contributed by atoms with van der Waals surface area (Å²) in [6.07, 6.45) is 0.626. The molecular weight excluding hydrogens is 289 g/mol. The molecule has 1 saturated heterocycles. The van der Waals surface area contributed by atoms with E-state index >= 15 is 0 Å². The van der Waals surface area contributed by atoms with Gasteiger partial charge in [0, 0.05) is 17.8 Å². The Bertz CT molecular complexity index is 519. The van der Waals surface area contributed by atoms with Crippen molar-refractivity contribution in [1.29, 1.82) is 0 Å². The van der Waals surface area contributed by atoms with Crippen molar-refractivity contribution in [2.24, 2.45) is 0 Å². The van der Waals surface area contributed by atoms with Crippen LogP contribution >= 0.6 is 0 Å². The van der Waals surface area contributed by atoms with Crippen LogP contribution in [0.5, 0.6) is 0 Å². The summed E-state index contributed by atoms with van der Waals surface area (Å²) < 4.78 is 35.3. The Hall–Kier alpha value is -0.725. The summed E-state index contributed by atoms with van der Waals surface area (Å²) in [5.41, 5.74) is 1.26. The maximum atomic E-state index is 10.5. The molecule has 0 aromatic heterocycles. The van der Waals surface area contributed by atoms with E-state index in [-0.39, 0.29) is 11.2 Å². The first kappa shape index (κ1) is 16.6. The van der Waals surface area contributed by atoms with E-state index < -0.39 is 18.4 Å². The number of benzene rings is 1. The van der Waals surface area contributed by atoms with Gasteiger partial charge in [-0.2, -0.15) is 0 Å². The molecule has 7 heteroatoms. The van der Waals surface area contributed by atoms with Gasteiger partial charge in [-0.25, -0.2) is 4.72 Å². The van der Waals surface area contributed by atoms with E-state index in [1.165, 1.54) is 0 Å². The Morgan fingerprint density at radius 1 is 1.24 bits per heavy atom. The van der Waals surface area contributed by atoms with Crippen molar-refractivity contribution < 1.29 is 18.1 Å². The zero-order chi connectivity index (χ0) is 15.7. The molecule has 1 aliphatic rings. The molecule has 1 aromatic carbocycles. The predicted octanol–water partition coefficient (Wildman–Crippen LogP) is 0.912. The summed E-state index contributed by atoms with van der Waals surface area (Å²) in [4.78, 5) is 0. The fourth-order valence-corrected chi connectivity index (χ4v) is 2.42. The topological polar surface area (TPSA) is 70.6 Å². The Morgan fingerprint density at radius 3 is 2.43 bits per heavy atom. The van der Waals surface area contributed by atoms with Gasteiger partial charge in [0.1, 0.15) is 0 Å². The fourth-order valence-electron chi connectivity index (χ4n) is 2.15. The van der Waals surface area contributed by atoms with E-state index in [9.17, 15) is 8.76 Å². The van der Waals surface area contributed by atoms with Crippen LogP contribution in [-0.4, -0.2) is 33.6 Å². The van der Waals surface area contributed by atoms with Crippen molar-refractivity contribution in [3.8, 4) is 0 Å². The summed E-state index contributed by atoms with van der Waals surface area (Å²) in [6, 6.07) is 7.86. The molecule has 0 radical (unpaired) electrons. The van der Waals surface area contributed by atoms with E-state index in [2.05, 4.69) is 4.72 Å². The Balaban J connectivity index is 2.07. The van der Waals surface area contributed by atoms with Gasteiger partial charge in [-0.15, -0.1) is 0 Å². The van der Waals surface area contributed by atoms with Gasteiger partial charge in [0.05, 0.1) is 11.2 Å². The van der Waals surface area contributed by atoms with Gasteiger partial charge in [-0.1, -0.05) is 24.3 Å². The summed E-state index contributed by atoms with van der Waals surface area (Å²) >= 11 is -2.22. The smallest absolute Gasteiger partial charge is 0.494 e. The second-order valence-electron chi connectivity index (χ2n) is 6.21. The van der Waals surface area contributed by atoms with Crippen molar-refractivity contribution in [3.63, 3.8) is 0 Å². The molecule has 1 aliphatic heterocycles. The van der Waals surface area contributed by atoms with Gasteiger partial charge >= 0.3 is 7.12 Å². The predicted molar refractivity (Wildman–Crippen MR) is 82.8 cm³/mol. The molecule has 1 N–H and O–H groups in total. The molecule has 1 unspecified atom stereocenters. The van der Waals surface area contributed by atoms with Gasteiger partial charge in [0.2, 0.25) is 0 Å². The molecule has 0 bridgehead atoms. The normalized spacial score (nSPS) is 21.5. The third kappa shape index (κ3) is 3.93. The van der Waals surface area contributed by atoms with Gasteiger partial charge in [0.25, 0.3) is 0 Å². The molecule has 0 saturated carbocycles. The molecule has 0 aliphatic carbocycles. The lowest BCUT2D eigenvalue weighted by atomic mass is 9.78. The van der Waals surface area contributed by atoms with E-state index in [1.807, 2.05) is 52.0 Å². The van der Waals surface area contributed by atoms with E-state index in [0.717, 1.165) is 11.0 Å². The van der Waals surface area contributed by atoms with Crippen molar-refractivity contribution in [3.05, 3.63) is 29.8 Å². The van der Waals surface area contributed by atoms with Gasteiger partial charge < -0.3 is 13.9 Å². The summed E-state index contributed by atoms with van der Waals surface area (Å²) in [7, 11) is -0.392. The van der Waals surface area contributed by atoms with Gasteiger partial charge in [-0.3, -0.25) is 4.21 Å². The van der Waals surface area contributed by atoms with Crippen molar-refractivity contribution in [1.82, 2.24) is 4.72 Å². The lowest BCUT2D eigenvalue weighted by molar-refractivity contribution is 0.00578. The SMILES string of the molecule is CC1(C)OB(c2cccc(CCNS(=O)[O-])c2)OC1(C)C. The summed E-state index contributed by atoms with van der Waals surface area (Å²) in [6.45, 7) is 8.45. The third-order valence-electron chi connectivity index (χ3n) is 4.11. The van der Waals surface area contributed by atoms with Crippen LogP contribution in [0, 0.1) is 0 Å². The van der Waals surface area contributed by atoms with Crippen LogP contribution in [0.1, 0.15) is 33.3 Å². The average molecular weight is 310 g/mol. The monoisotopic (exact) mass is 310 g/mol. The van der Waals surface area contributed by atoms with Gasteiger partial charge in [-0.05, 0) is 45.1 Å². The molecular formula is C14H21BNO4S-. The quantitative estimate of drug-likeness (QED) is 0.648. The van der Waals surface area contributed by atoms with Crippen LogP contribution in [0.2, 0.25) is 0 Å². The van der Waals surface area contributed by atoms with E-state index in [0.29, 0.717) is 13.0 Å². The molecule has 5 nitrogen and oxygen atoms in total. The third-order valence-corrected chi connectivity index (χ3v) is 4.55. The first-order valence-corrected chi connectivity index (χ1v) is 8.06. The van der Waals surface area contributed by atoms with Crippen LogP contribution in [0.4, 0.5) is 0 Å². The summed E-state index contributed by atoms with van der Waals surface area (Å²) in [5.74, 6) is 0. The van der Waals surface area contributed by atoms with Crippen LogP contribution < -0.4 is 10.2 Å². The molecule has 116 valence electrons. The second kappa shape index (κ2) is 6.18. The maximum Gasteiger partial charge on any atom is 0.494 e. The number of hydrogen-bond acceptors (Lipinski definition) is 4. The van der Waals surface area contributed by atoms with Crippen LogP contribution in [0.25, 0.3) is 0 Å². The van der Waals surface area contributed by atoms with E-state index in [4.69, 9.17) is 9.31 Å². The van der Waals surface area contributed by atoms with Crippen LogP contribution in [-0.2, 0) is 27.0 Å². The molecule has 1 atom stereocenters. The van der Waals surface area contributed by atoms with Gasteiger partial charge in [0.15, 0.2) is 0 Å². The average Bonchev–Trinajstić information content (AvgIpc) is 2.58.